The Labute approximate surface area is 375 Å². The van der Waals surface area contributed by atoms with Crippen LogP contribution in [0.15, 0.2) is 199 Å². The first kappa shape index (κ1) is 36.1. The summed E-state index contributed by atoms with van der Waals surface area (Å²) in [4.78, 5) is 16.5. The molecule has 0 radical (unpaired) electrons. The van der Waals surface area contributed by atoms with Crippen molar-refractivity contribution in [2.75, 3.05) is 0 Å². The van der Waals surface area contributed by atoms with Gasteiger partial charge in [0.25, 0.3) is 0 Å². The zero-order chi connectivity index (χ0) is 43.0. The first-order valence-electron chi connectivity index (χ1n) is 22.3. The molecule has 0 fully saturated rings. The third-order valence-electron chi connectivity index (χ3n) is 13.9. The van der Waals surface area contributed by atoms with E-state index in [2.05, 4.69) is 200 Å². The molecule has 304 valence electrons. The van der Waals surface area contributed by atoms with Crippen molar-refractivity contribution in [2.45, 2.75) is 19.3 Å². The van der Waals surface area contributed by atoms with Crippen LogP contribution in [0.5, 0.6) is 0 Å². The third-order valence-corrected chi connectivity index (χ3v) is 13.9. The second-order valence-corrected chi connectivity index (χ2v) is 17.9. The van der Waals surface area contributed by atoms with Crippen molar-refractivity contribution in [3.63, 3.8) is 0 Å². The highest BCUT2D eigenvalue weighted by atomic mass is 16.3. The van der Waals surface area contributed by atoms with E-state index in [0.29, 0.717) is 17.5 Å². The fraction of sp³-hybridized carbons (Fsp3) is 0.0500. The molecule has 0 spiro atoms. The molecule has 0 bridgehead atoms. The maximum absolute atomic E-state index is 6.46. The van der Waals surface area contributed by atoms with Crippen LogP contribution in [-0.4, -0.2) is 19.5 Å². The Morgan fingerprint density at radius 2 is 1.02 bits per heavy atom. The van der Waals surface area contributed by atoms with Crippen LogP contribution < -0.4 is 0 Å². The number of furan rings is 1. The van der Waals surface area contributed by atoms with E-state index in [1.165, 1.54) is 60.9 Å². The first-order chi connectivity index (χ1) is 32.0. The normalized spacial score (nSPS) is 13.2. The first-order valence-corrected chi connectivity index (χ1v) is 22.3. The molecule has 0 N–H and O–H groups in total. The van der Waals surface area contributed by atoms with Crippen LogP contribution in [0.1, 0.15) is 25.0 Å². The van der Waals surface area contributed by atoms with Gasteiger partial charge in [-0.1, -0.05) is 153 Å². The van der Waals surface area contributed by atoms with Crippen molar-refractivity contribution < 1.29 is 4.42 Å². The van der Waals surface area contributed by atoms with Gasteiger partial charge in [0.2, 0.25) is 0 Å². The Bertz CT molecular complexity index is 3910. The Morgan fingerprint density at radius 3 is 1.80 bits per heavy atom. The van der Waals surface area contributed by atoms with Crippen LogP contribution in [0.4, 0.5) is 0 Å². The molecular formula is C60H38N4O. The van der Waals surface area contributed by atoms with E-state index < -0.39 is 0 Å². The average molecular weight is 831 g/mol. The van der Waals surface area contributed by atoms with E-state index in [4.69, 9.17) is 19.4 Å². The van der Waals surface area contributed by atoms with Gasteiger partial charge in [-0.25, -0.2) is 15.0 Å². The van der Waals surface area contributed by atoms with E-state index >= 15 is 0 Å². The van der Waals surface area contributed by atoms with E-state index in [9.17, 15) is 0 Å². The van der Waals surface area contributed by atoms with Crippen LogP contribution >= 0.6 is 0 Å². The highest BCUT2D eigenvalue weighted by molar-refractivity contribution is 6.20. The van der Waals surface area contributed by atoms with Crippen molar-refractivity contribution >= 4 is 43.7 Å². The summed E-state index contributed by atoms with van der Waals surface area (Å²) in [5.41, 5.74) is 19.6. The van der Waals surface area contributed by atoms with Gasteiger partial charge in [-0.05, 0) is 99.1 Å². The highest BCUT2D eigenvalue weighted by Gasteiger charge is 2.43. The molecule has 0 atom stereocenters. The average Bonchev–Trinajstić information content (AvgIpc) is 3.95. The summed E-state index contributed by atoms with van der Waals surface area (Å²) in [7, 11) is 0. The summed E-state index contributed by atoms with van der Waals surface area (Å²) in [6, 6.07) is 69.3. The van der Waals surface area contributed by atoms with Gasteiger partial charge in [0.15, 0.2) is 17.5 Å². The number of para-hydroxylation sites is 3. The zero-order valence-corrected chi connectivity index (χ0v) is 35.7. The van der Waals surface area contributed by atoms with Crippen LogP contribution in [0.3, 0.4) is 0 Å². The number of aromatic nitrogens is 4. The van der Waals surface area contributed by atoms with Crippen molar-refractivity contribution in [3.05, 3.63) is 205 Å². The highest BCUT2D eigenvalue weighted by Crippen LogP contribution is 2.60. The lowest BCUT2D eigenvalue weighted by atomic mass is 9.79. The monoisotopic (exact) mass is 830 g/mol. The van der Waals surface area contributed by atoms with Gasteiger partial charge in [0.1, 0.15) is 11.2 Å². The lowest BCUT2D eigenvalue weighted by Gasteiger charge is -2.25. The summed E-state index contributed by atoms with van der Waals surface area (Å²) in [5, 5.41) is 4.51. The Morgan fingerprint density at radius 1 is 0.400 bits per heavy atom. The van der Waals surface area contributed by atoms with E-state index in [1.807, 2.05) is 12.1 Å². The fourth-order valence-electron chi connectivity index (χ4n) is 11.0. The summed E-state index contributed by atoms with van der Waals surface area (Å²) in [6.45, 7) is 4.73. The van der Waals surface area contributed by atoms with Crippen LogP contribution in [0, 0.1) is 0 Å². The molecule has 5 heteroatoms. The van der Waals surface area contributed by atoms with Gasteiger partial charge in [0, 0.05) is 54.8 Å². The number of benzene rings is 9. The second-order valence-electron chi connectivity index (χ2n) is 17.9. The molecule has 5 nitrogen and oxygen atoms in total. The molecule has 1 aliphatic heterocycles. The molecule has 4 heterocycles. The molecule has 9 aromatic carbocycles. The van der Waals surface area contributed by atoms with Gasteiger partial charge in [-0.15, -0.1) is 0 Å². The third kappa shape index (κ3) is 5.18. The molecule has 3 aromatic heterocycles. The number of rotatable bonds is 5. The largest absolute Gasteiger partial charge is 0.456 e. The number of fused-ring (bicyclic) bond motifs is 9. The minimum atomic E-state index is -0.383. The summed E-state index contributed by atoms with van der Waals surface area (Å²) in [6.07, 6.45) is 0. The summed E-state index contributed by atoms with van der Waals surface area (Å²) < 4.78 is 8.96. The van der Waals surface area contributed by atoms with Crippen molar-refractivity contribution in [1.82, 2.24) is 19.5 Å². The lowest BCUT2D eigenvalue weighted by Crippen LogP contribution is -2.17. The minimum Gasteiger partial charge on any atom is -0.456 e. The van der Waals surface area contributed by atoms with Gasteiger partial charge in [0.05, 0.1) is 16.7 Å². The number of hydrogen-bond donors (Lipinski definition) is 0. The smallest absolute Gasteiger partial charge is 0.164 e. The minimum absolute atomic E-state index is 0.383. The summed E-state index contributed by atoms with van der Waals surface area (Å²) >= 11 is 0. The van der Waals surface area contributed by atoms with E-state index in [1.54, 1.807) is 0 Å². The maximum Gasteiger partial charge on any atom is 0.164 e. The zero-order valence-electron chi connectivity index (χ0n) is 35.7. The molecule has 14 rings (SSSR count). The molecule has 2 aliphatic rings. The van der Waals surface area contributed by atoms with Gasteiger partial charge >= 0.3 is 0 Å². The van der Waals surface area contributed by atoms with Crippen molar-refractivity contribution in [3.8, 4) is 84.4 Å². The van der Waals surface area contributed by atoms with E-state index in [0.717, 1.165) is 60.9 Å². The Balaban J connectivity index is 1.10. The molecular weight excluding hydrogens is 793 g/mol. The molecule has 0 amide bonds. The Kier molecular flexibility index (Phi) is 7.39. The number of nitrogens with zero attached hydrogens (tertiary/aromatic N) is 4. The topological polar surface area (TPSA) is 56.7 Å². The molecule has 65 heavy (non-hydrogen) atoms. The van der Waals surface area contributed by atoms with Crippen LogP contribution in [0.2, 0.25) is 0 Å². The number of hydrogen-bond acceptors (Lipinski definition) is 4. The lowest BCUT2D eigenvalue weighted by molar-refractivity contribution is 0.661. The molecule has 0 saturated carbocycles. The standard InChI is InChI=1S/C60H38N4O/c1-60(2)48-24-15-23-45-41-20-9-12-25-49(41)64-50-26-13-10-21-42(50)46-34-47(55(60)54(53(45)48)56(46)64)59-62-57(37-28-29-44-43-22-11-14-27-51(43)65-52(44)33-37)61-58(63-59)40-31-38(35-16-5-3-6-17-35)30-39(32-40)36-18-7-4-8-19-36/h3-34H,1-2H3. The quantitative estimate of drug-likeness (QED) is 0.173. The SMILES string of the molecule is CC1(C)c2cccc3c2-c2c1c(-c1nc(-c4cc(-c5ccccc5)cc(-c5ccccc5)c4)nc(-c4ccc5c(c4)oc4ccccc45)n1)cc1c4ccccc4n(c21)-c1ccccc1-3. The molecule has 1 aliphatic carbocycles. The predicted octanol–water partition coefficient (Wildman–Crippen LogP) is 15.5. The molecule has 12 aromatic rings. The molecule has 0 unspecified atom stereocenters. The fourth-order valence-corrected chi connectivity index (χ4v) is 11.0. The van der Waals surface area contributed by atoms with Gasteiger partial charge in [-0.3, -0.25) is 0 Å². The maximum atomic E-state index is 6.46. The van der Waals surface area contributed by atoms with E-state index in [-0.39, 0.29) is 5.41 Å². The second kappa shape index (κ2) is 13.3. The van der Waals surface area contributed by atoms with Crippen molar-refractivity contribution in [1.29, 1.82) is 0 Å². The predicted molar refractivity (Wildman–Crippen MR) is 265 cm³/mol. The van der Waals surface area contributed by atoms with Gasteiger partial charge in [-0.2, -0.15) is 0 Å². The van der Waals surface area contributed by atoms with Gasteiger partial charge < -0.3 is 8.98 Å². The Hall–Kier alpha value is -8.41. The van der Waals surface area contributed by atoms with Crippen LogP contribution in [0.25, 0.3) is 128 Å². The van der Waals surface area contributed by atoms with Crippen LogP contribution in [-0.2, 0) is 5.41 Å². The van der Waals surface area contributed by atoms with Crippen molar-refractivity contribution in [2.24, 2.45) is 0 Å². The summed E-state index contributed by atoms with van der Waals surface area (Å²) in [5.74, 6) is 1.82. The molecule has 0 saturated heterocycles.